The molecule has 0 aliphatic rings. The number of ether oxygens (including phenoxy) is 1. The molecule has 2 aromatic carbocycles. The Kier molecular flexibility index (Phi) is 4.66. The van der Waals surface area contributed by atoms with Crippen LogP contribution in [-0.4, -0.2) is 4.57 Å². The quantitative estimate of drug-likeness (QED) is 0.707. The highest BCUT2D eigenvalue weighted by Gasteiger charge is 2.16. The highest BCUT2D eigenvalue weighted by molar-refractivity contribution is 6.30. The van der Waals surface area contributed by atoms with Crippen LogP contribution in [-0.2, 0) is 6.54 Å². The lowest BCUT2D eigenvalue weighted by molar-refractivity contribution is 0.437. The maximum absolute atomic E-state index is 9.36. The molecule has 0 bridgehead atoms. The van der Waals surface area contributed by atoms with Gasteiger partial charge in [0.05, 0.1) is 12.2 Å². The predicted molar refractivity (Wildman–Crippen MR) is 95.6 cm³/mol. The fourth-order valence-electron chi connectivity index (χ4n) is 2.30. The van der Waals surface area contributed by atoms with Crippen LogP contribution in [0, 0.1) is 11.3 Å². The Balaban J connectivity index is 1.96. The molecule has 0 radical (unpaired) electrons. The van der Waals surface area contributed by atoms with Crippen LogP contribution in [0.3, 0.4) is 0 Å². The fraction of sp³-hybridized carbons (Fsp3) is 0.0556. The van der Waals surface area contributed by atoms with E-state index in [1.54, 1.807) is 47.0 Å². The lowest BCUT2D eigenvalue weighted by Crippen LogP contribution is -2.05. The Hall–Kier alpha value is -2.61. The molecular weight excluding hydrogens is 345 g/mol. The molecule has 0 unspecified atom stereocenters. The van der Waals surface area contributed by atoms with Crippen LogP contribution in [0.15, 0.2) is 54.6 Å². The maximum atomic E-state index is 9.36. The molecule has 3 rings (SSSR count). The van der Waals surface area contributed by atoms with Crippen molar-refractivity contribution in [2.45, 2.75) is 6.54 Å². The Morgan fingerprint density at radius 1 is 1.00 bits per heavy atom. The summed E-state index contributed by atoms with van der Waals surface area (Å²) < 4.78 is 7.61. The van der Waals surface area contributed by atoms with Gasteiger partial charge in [0.2, 0.25) is 5.88 Å². The number of hydrogen-bond donors (Lipinski definition) is 1. The number of aromatic nitrogens is 1. The SMILES string of the molecule is N#Cc1cc(N)c(Oc2ccc(Cl)cc2)n1Cc1ccc(Cl)cc1. The van der Waals surface area contributed by atoms with Gasteiger partial charge in [0, 0.05) is 16.1 Å². The minimum absolute atomic E-state index is 0.399. The summed E-state index contributed by atoms with van der Waals surface area (Å²) in [6.45, 7) is 0.445. The summed E-state index contributed by atoms with van der Waals surface area (Å²) in [5.41, 5.74) is 7.83. The van der Waals surface area contributed by atoms with E-state index in [0.29, 0.717) is 39.6 Å². The van der Waals surface area contributed by atoms with Crippen molar-refractivity contribution in [1.29, 1.82) is 5.26 Å². The average molecular weight is 358 g/mol. The van der Waals surface area contributed by atoms with E-state index in [1.807, 2.05) is 12.1 Å². The molecule has 2 N–H and O–H groups in total. The molecule has 0 saturated carbocycles. The van der Waals surface area contributed by atoms with Crippen LogP contribution in [0.25, 0.3) is 0 Å². The molecule has 4 nitrogen and oxygen atoms in total. The van der Waals surface area contributed by atoms with Gasteiger partial charge in [-0.1, -0.05) is 35.3 Å². The van der Waals surface area contributed by atoms with Crippen molar-refractivity contribution in [3.63, 3.8) is 0 Å². The molecule has 1 aromatic heterocycles. The zero-order valence-corrected chi connectivity index (χ0v) is 14.1. The van der Waals surface area contributed by atoms with E-state index in [0.717, 1.165) is 5.56 Å². The number of nitriles is 1. The van der Waals surface area contributed by atoms with Gasteiger partial charge in [-0.15, -0.1) is 0 Å². The summed E-state index contributed by atoms with van der Waals surface area (Å²) in [5, 5.41) is 10.6. The third-order valence-electron chi connectivity index (χ3n) is 3.47. The monoisotopic (exact) mass is 357 g/mol. The Bertz CT molecular complexity index is 894. The van der Waals surface area contributed by atoms with Gasteiger partial charge in [0.25, 0.3) is 0 Å². The summed E-state index contributed by atoms with van der Waals surface area (Å²) in [6.07, 6.45) is 0. The van der Waals surface area contributed by atoms with E-state index in [2.05, 4.69) is 6.07 Å². The number of benzene rings is 2. The number of nitrogen functional groups attached to an aromatic ring is 1. The minimum Gasteiger partial charge on any atom is -0.439 e. The zero-order valence-electron chi connectivity index (χ0n) is 12.5. The summed E-state index contributed by atoms with van der Waals surface area (Å²) in [5.74, 6) is 1.01. The second kappa shape index (κ2) is 6.88. The molecular formula is C18H13Cl2N3O. The first-order chi connectivity index (χ1) is 11.6. The smallest absolute Gasteiger partial charge is 0.224 e. The molecule has 120 valence electrons. The molecule has 0 aliphatic heterocycles. The van der Waals surface area contributed by atoms with Crippen molar-refractivity contribution < 1.29 is 4.74 Å². The first-order valence-corrected chi connectivity index (χ1v) is 7.89. The maximum Gasteiger partial charge on any atom is 0.224 e. The van der Waals surface area contributed by atoms with E-state index in [-0.39, 0.29) is 0 Å². The second-order valence-corrected chi connectivity index (χ2v) is 6.04. The van der Waals surface area contributed by atoms with E-state index in [4.69, 9.17) is 33.7 Å². The van der Waals surface area contributed by atoms with Gasteiger partial charge in [0.1, 0.15) is 17.5 Å². The Morgan fingerprint density at radius 3 is 2.17 bits per heavy atom. The molecule has 0 spiro atoms. The predicted octanol–water partition coefficient (Wildman–Crippen LogP) is 5.09. The largest absolute Gasteiger partial charge is 0.439 e. The molecule has 0 fully saturated rings. The first kappa shape index (κ1) is 16.3. The van der Waals surface area contributed by atoms with Crippen molar-refractivity contribution in [3.8, 4) is 17.7 Å². The van der Waals surface area contributed by atoms with Crippen LogP contribution in [0.4, 0.5) is 5.69 Å². The van der Waals surface area contributed by atoms with Crippen LogP contribution >= 0.6 is 23.2 Å². The third kappa shape index (κ3) is 3.48. The van der Waals surface area contributed by atoms with Crippen LogP contribution < -0.4 is 10.5 Å². The third-order valence-corrected chi connectivity index (χ3v) is 3.98. The molecule has 3 aromatic rings. The zero-order chi connectivity index (χ0) is 17.1. The number of halogens is 2. The van der Waals surface area contributed by atoms with Crippen molar-refractivity contribution >= 4 is 28.9 Å². The number of rotatable bonds is 4. The van der Waals surface area contributed by atoms with Gasteiger partial charge >= 0.3 is 0 Å². The lowest BCUT2D eigenvalue weighted by Gasteiger charge is -2.12. The number of anilines is 1. The fourth-order valence-corrected chi connectivity index (χ4v) is 2.55. The highest BCUT2D eigenvalue weighted by atomic mass is 35.5. The molecule has 0 saturated heterocycles. The normalized spacial score (nSPS) is 10.4. The molecule has 0 atom stereocenters. The molecule has 6 heteroatoms. The van der Waals surface area contributed by atoms with Crippen LogP contribution in [0.5, 0.6) is 11.6 Å². The molecule has 0 amide bonds. The number of nitrogens with zero attached hydrogens (tertiary/aromatic N) is 2. The first-order valence-electron chi connectivity index (χ1n) is 7.14. The molecule has 0 aliphatic carbocycles. The van der Waals surface area contributed by atoms with E-state index in [1.165, 1.54) is 0 Å². The van der Waals surface area contributed by atoms with Crippen molar-refractivity contribution in [3.05, 3.63) is 75.9 Å². The van der Waals surface area contributed by atoms with Gasteiger partial charge in [-0.2, -0.15) is 5.26 Å². The minimum atomic E-state index is 0.399. The van der Waals surface area contributed by atoms with Crippen LogP contribution in [0.1, 0.15) is 11.3 Å². The average Bonchev–Trinajstić information content (AvgIpc) is 2.87. The van der Waals surface area contributed by atoms with E-state index < -0.39 is 0 Å². The standard InChI is InChI=1S/C18H13Cl2N3O/c19-13-3-1-12(2-4-13)11-23-15(10-21)9-17(22)18(23)24-16-7-5-14(20)6-8-16/h1-9H,11,22H2. The van der Waals surface area contributed by atoms with E-state index in [9.17, 15) is 5.26 Å². The van der Waals surface area contributed by atoms with E-state index >= 15 is 0 Å². The Morgan fingerprint density at radius 2 is 1.58 bits per heavy atom. The van der Waals surface area contributed by atoms with Crippen molar-refractivity contribution in [2.24, 2.45) is 0 Å². The second-order valence-electron chi connectivity index (χ2n) is 5.17. The number of hydrogen-bond acceptors (Lipinski definition) is 3. The van der Waals surface area contributed by atoms with Gasteiger partial charge in [0.15, 0.2) is 0 Å². The van der Waals surface area contributed by atoms with Gasteiger partial charge in [-0.05, 0) is 42.0 Å². The number of nitrogens with two attached hydrogens (primary N) is 1. The van der Waals surface area contributed by atoms with Crippen molar-refractivity contribution in [2.75, 3.05) is 5.73 Å². The lowest BCUT2D eigenvalue weighted by atomic mass is 10.2. The topological polar surface area (TPSA) is 64.0 Å². The van der Waals surface area contributed by atoms with Gasteiger partial charge < -0.3 is 10.5 Å². The van der Waals surface area contributed by atoms with Gasteiger partial charge in [-0.25, -0.2) is 0 Å². The molecule has 24 heavy (non-hydrogen) atoms. The molecule has 1 heterocycles. The summed E-state index contributed by atoms with van der Waals surface area (Å²) >= 11 is 11.8. The van der Waals surface area contributed by atoms with Gasteiger partial charge in [-0.3, -0.25) is 4.57 Å². The summed E-state index contributed by atoms with van der Waals surface area (Å²) in [7, 11) is 0. The van der Waals surface area contributed by atoms with Crippen molar-refractivity contribution in [1.82, 2.24) is 4.57 Å². The van der Waals surface area contributed by atoms with Crippen LogP contribution in [0.2, 0.25) is 10.0 Å². The Labute approximate surface area is 149 Å². The highest BCUT2D eigenvalue weighted by Crippen LogP contribution is 2.32. The summed E-state index contributed by atoms with van der Waals surface area (Å²) in [4.78, 5) is 0. The summed E-state index contributed by atoms with van der Waals surface area (Å²) in [6, 6.07) is 18.1.